The lowest BCUT2D eigenvalue weighted by atomic mass is 10.0. The summed E-state index contributed by atoms with van der Waals surface area (Å²) in [6.07, 6.45) is 2.48. The molecule has 2 amide bonds. The Bertz CT molecular complexity index is 1550. The summed E-state index contributed by atoms with van der Waals surface area (Å²) in [7, 11) is 0. The summed E-state index contributed by atoms with van der Waals surface area (Å²) in [4.78, 5) is 40.6. The van der Waals surface area contributed by atoms with E-state index in [9.17, 15) is 22.8 Å². The minimum absolute atomic E-state index is 0.131. The molecule has 0 bridgehead atoms. The van der Waals surface area contributed by atoms with Gasteiger partial charge in [0.05, 0.1) is 35.1 Å². The molecule has 5 rings (SSSR count). The van der Waals surface area contributed by atoms with E-state index >= 15 is 0 Å². The van der Waals surface area contributed by atoms with Crippen molar-refractivity contribution in [1.29, 1.82) is 0 Å². The van der Waals surface area contributed by atoms with E-state index in [1.54, 1.807) is 42.4 Å². The van der Waals surface area contributed by atoms with Gasteiger partial charge in [0.1, 0.15) is 17.7 Å². The second-order valence-corrected chi connectivity index (χ2v) is 9.02. The zero-order valence-electron chi connectivity index (χ0n) is 20.7. The number of alkyl halides is 3. The summed E-state index contributed by atoms with van der Waals surface area (Å²) in [6, 6.07) is 7.69. The zero-order valence-corrected chi connectivity index (χ0v) is 20.7. The highest BCUT2D eigenvalue weighted by Gasteiger charge is 2.49. The molecule has 0 spiro atoms. The molecule has 3 N–H and O–H groups in total. The molecule has 1 fully saturated rings. The molecular weight excluding hydrogens is 511 g/mol. The third-order valence-corrected chi connectivity index (χ3v) is 6.63. The van der Waals surface area contributed by atoms with E-state index < -0.39 is 22.2 Å². The van der Waals surface area contributed by atoms with E-state index in [1.165, 1.54) is 12.3 Å². The van der Waals surface area contributed by atoms with Crippen LogP contribution in [0.25, 0.3) is 0 Å². The molecule has 0 saturated carbocycles. The standard InChI is InChI=1S/C27H22F3N7O2/c1-2-6-23(38)36-13-5-9-20(36)24-21-16-32-12-14-37(21,31)25(35-24)18-7-3-4-8-19(18)26(39)34-22-15-17(10-11-33-22)27(28,29)30/h3-4,7-8,10-12,14-16,20H,5,9,13,31H2,1H3/p+1. The highest BCUT2D eigenvalue weighted by Crippen LogP contribution is 2.37. The van der Waals surface area contributed by atoms with Crippen LogP contribution in [0.2, 0.25) is 0 Å². The number of carbonyl (C=O) groups is 2. The van der Waals surface area contributed by atoms with Gasteiger partial charge < -0.3 is 10.2 Å². The van der Waals surface area contributed by atoms with Gasteiger partial charge in [0.15, 0.2) is 0 Å². The van der Waals surface area contributed by atoms with Gasteiger partial charge in [-0.2, -0.15) is 24.0 Å². The van der Waals surface area contributed by atoms with Crippen molar-refractivity contribution in [3.63, 3.8) is 0 Å². The molecule has 3 aliphatic heterocycles. The molecule has 0 radical (unpaired) electrons. The van der Waals surface area contributed by atoms with E-state index in [2.05, 4.69) is 27.1 Å². The van der Waals surface area contributed by atoms with Gasteiger partial charge in [-0.15, -0.1) is 4.59 Å². The van der Waals surface area contributed by atoms with Crippen LogP contribution in [0, 0.1) is 11.8 Å². The third kappa shape index (κ3) is 4.73. The first kappa shape index (κ1) is 26.0. The first-order chi connectivity index (χ1) is 18.6. The number of aromatic nitrogens is 1. The average molecular weight is 535 g/mol. The van der Waals surface area contributed by atoms with Crippen LogP contribution in [0.4, 0.5) is 19.0 Å². The number of nitrogens with zero attached hydrogens (tertiary/aromatic N) is 5. The SMILES string of the molecule is CC#CC(=O)N1CCCC1C1=C2C=NC=C[N+]2(N)C(c2ccccc2C(=O)Nc2cc(C(F)(F)F)ccn2)=N1. The van der Waals surface area contributed by atoms with E-state index in [0.29, 0.717) is 35.8 Å². The van der Waals surface area contributed by atoms with Crippen molar-refractivity contribution in [2.45, 2.75) is 32.0 Å². The topological polar surface area (TPSA) is 113 Å². The Labute approximate surface area is 221 Å². The Balaban J connectivity index is 1.53. The number of pyridine rings is 1. The Kier molecular flexibility index (Phi) is 6.63. The number of likely N-dealkylation sites (tertiary alicyclic amines) is 1. The Hall–Kier alpha value is -4.60. The molecule has 0 aliphatic carbocycles. The van der Waals surface area contributed by atoms with E-state index in [4.69, 9.17) is 10.8 Å². The van der Waals surface area contributed by atoms with Crippen molar-refractivity contribution >= 4 is 29.7 Å². The van der Waals surface area contributed by atoms with Crippen LogP contribution in [0.15, 0.2) is 76.4 Å². The molecule has 1 saturated heterocycles. The molecule has 2 aromatic rings. The van der Waals surface area contributed by atoms with Crippen molar-refractivity contribution < 1.29 is 27.4 Å². The van der Waals surface area contributed by atoms with E-state index in [1.807, 2.05) is 0 Å². The maximum Gasteiger partial charge on any atom is 0.416 e. The van der Waals surface area contributed by atoms with Gasteiger partial charge in [0, 0.05) is 12.7 Å². The first-order valence-corrected chi connectivity index (χ1v) is 12.0. The van der Waals surface area contributed by atoms with Crippen molar-refractivity contribution in [2.24, 2.45) is 15.8 Å². The normalized spacial score (nSPS) is 21.8. The van der Waals surface area contributed by atoms with Crippen LogP contribution in [0.3, 0.4) is 0 Å². The molecule has 1 aromatic heterocycles. The second-order valence-electron chi connectivity index (χ2n) is 9.02. The number of fused-ring (bicyclic) bond motifs is 1. The van der Waals surface area contributed by atoms with Crippen LogP contribution >= 0.6 is 0 Å². The number of nitrogens with one attached hydrogen (secondary N) is 1. The largest absolute Gasteiger partial charge is 0.416 e. The Morgan fingerprint density at radius 2 is 2.03 bits per heavy atom. The number of nitrogens with two attached hydrogens (primary N) is 1. The van der Waals surface area contributed by atoms with Gasteiger partial charge in [0.2, 0.25) is 5.70 Å². The number of hydrogen-bond acceptors (Lipinski definition) is 6. The summed E-state index contributed by atoms with van der Waals surface area (Å²) in [6.45, 7) is 2.11. The smallest absolute Gasteiger partial charge is 0.323 e. The minimum atomic E-state index is -4.59. The number of allylic oxidation sites excluding steroid dienone is 1. The Morgan fingerprint density at radius 3 is 2.79 bits per heavy atom. The first-order valence-electron chi connectivity index (χ1n) is 12.0. The number of aliphatic imine (C=N–C) groups is 2. The predicted molar refractivity (Wildman–Crippen MR) is 137 cm³/mol. The van der Waals surface area contributed by atoms with Crippen LogP contribution in [0.5, 0.6) is 0 Å². The molecule has 9 nitrogen and oxygen atoms in total. The van der Waals surface area contributed by atoms with Gasteiger partial charge in [-0.3, -0.25) is 14.6 Å². The highest BCUT2D eigenvalue weighted by molar-refractivity contribution is 6.13. The fraction of sp³-hybridized carbons (Fsp3) is 0.222. The summed E-state index contributed by atoms with van der Waals surface area (Å²) >= 11 is 0. The number of quaternary nitrogens is 1. The van der Waals surface area contributed by atoms with Gasteiger partial charge in [-0.1, -0.05) is 18.1 Å². The summed E-state index contributed by atoms with van der Waals surface area (Å²) < 4.78 is 39.1. The average Bonchev–Trinajstić information content (AvgIpc) is 3.51. The number of rotatable bonds is 4. The number of anilines is 1. The lowest BCUT2D eigenvalue weighted by molar-refractivity contribution is -0.750. The van der Waals surface area contributed by atoms with Crippen molar-refractivity contribution in [3.05, 3.63) is 83.1 Å². The third-order valence-electron chi connectivity index (χ3n) is 6.63. The quantitative estimate of drug-likeness (QED) is 0.355. The highest BCUT2D eigenvalue weighted by atomic mass is 19.4. The van der Waals surface area contributed by atoms with E-state index in [-0.39, 0.29) is 23.3 Å². The van der Waals surface area contributed by atoms with Gasteiger partial charge >= 0.3 is 6.18 Å². The van der Waals surface area contributed by atoms with Crippen molar-refractivity contribution in [1.82, 2.24) is 9.88 Å². The van der Waals surface area contributed by atoms with Crippen molar-refractivity contribution in [3.8, 4) is 11.8 Å². The van der Waals surface area contributed by atoms with Gasteiger partial charge in [-0.05, 0) is 50.0 Å². The fourth-order valence-corrected chi connectivity index (χ4v) is 4.84. The number of carbonyl (C=O) groups excluding carboxylic acids is 2. The molecule has 39 heavy (non-hydrogen) atoms. The number of amides is 2. The molecule has 2 unspecified atom stereocenters. The summed E-state index contributed by atoms with van der Waals surface area (Å²) in [5.41, 5.74) is 0.634. The molecule has 4 heterocycles. The molecule has 1 aromatic carbocycles. The van der Waals surface area contributed by atoms with Crippen molar-refractivity contribution in [2.75, 3.05) is 11.9 Å². The molecule has 2 atom stereocenters. The van der Waals surface area contributed by atoms with Gasteiger partial charge in [-0.25, -0.2) is 4.98 Å². The van der Waals surface area contributed by atoms with Crippen LogP contribution in [0.1, 0.15) is 41.3 Å². The Morgan fingerprint density at radius 1 is 1.23 bits per heavy atom. The van der Waals surface area contributed by atoms with Crippen LogP contribution < -0.4 is 11.2 Å². The number of amidine groups is 1. The zero-order chi connectivity index (χ0) is 27.8. The maximum atomic E-state index is 13.3. The minimum Gasteiger partial charge on any atom is -0.323 e. The predicted octanol–water partition coefficient (Wildman–Crippen LogP) is 3.58. The summed E-state index contributed by atoms with van der Waals surface area (Å²) in [5, 5.41) is 2.44. The van der Waals surface area contributed by atoms with E-state index in [0.717, 1.165) is 24.8 Å². The lowest BCUT2D eigenvalue weighted by Gasteiger charge is -2.28. The fourth-order valence-electron chi connectivity index (χ4n) is 4.84. The number of hydrogen-bond donors (Lipinski definition) is 2. The molecule has 12 heteroatoms. The molecular formula is C27H23F3N7O2+. The number of halogens is 3. The monoisotopic (exact) mass is 534 g/mol. The maximum absolute atomic E-state index is 13.3. The summed E-state index contributed by atoms with van der Waals surface area (Å²) in [5.74, 6) is 11.1. The van der Waals surface area contributed by atoms with Crippen LogP contribution in [-0.4, -0.2) is 50.9 Å². The van der Waals surface area contributed by atoms with Crippen LogP contribution in [-0.2, 0) is 11.0 Å². The number of benzene rings is 1. The van der Waals surface area contributed by atoms with Gasteiger partial charge in [0.25, 0.3) is 17.6 Å². The second kappa shape index (κ2) is 9.94. The molecule has 3 aliphatic rings. The lowest BCUT2D eigenvalue weighted by Crippen LogP contribution is -2.53. The molecule has 198 valence electrons.